The summed E-state index contributed by atoms with van der Waals surface area (Å²) in [5.74, 6) is 0.746. The maximum absolute atomic E-state index is 5.99. The molecule has 0 spiro atoms. The zero-order chi connectivity index (χ0) is 15.8. The minimum Gasteiger partial charge on any atom is -0.489 e. The first-order valence-electron chi connectivity index (χ1n) is 7.93. The van der Waals surface area contributed by atoms with Crippen LogP contribution in [0.1, 0.15) is 40.5 Å². The number of hydrogen-bond acceptors (Lipinski definition) is 5. The molecule has 2 aliphatic heterocycles. The van der Waals surface area contributed by atoms with Crippen LogP contribution in [0.5, 0.6) is 5.75 Å². The predicted molar refractivity (Wildman–Crippen MR) is 84.4 cm³/mol. The minimum absolute atomic E-state index is 0.211. The van der Waals surface area contributed by atoms with Gasteiger partial charge < -0.3 is 18.8 Å². The second-order valence-corrected chi connectivity index (χ2v) is 6.95. The van der Waals surface area contributed by atoms with Gasteiger partial charge in [-0.15, -0.1) is 0 Å². The fourth-order valence-corrected chi connectivity index (χ4v) is 2.55. The van der Waals surface area contributed by atoms with Crippen LogP contribution in [0.15, 0.2) is 18.3 Å². The van der Waals surface area contributed by atoms with E-state index in [9.17, 15) is 0 Å². The standard InChI is InChI=1S/C16H24BNO4/c1-15(2)16(3,4)22-17(21-15)14-8-7-12(10-18-14)20-11-13-6-5-9-19-13/h7-8,10,13H,5-6,9,11H2,1-4H3. The van der Waals surface area contributed by atoms with Crippen molar-refractivity contribution in [3.05, 3.63) is 18.3 Å². The second kappa shape index (κ2) is 5.83. The summed E-state index contributed by atoms with van der Waals surface area (Å²) >= 11 is 0. The van der Waals surface area contributed by atoms with Crippen molar-refractivity contribution in [2.45, 2.75) is 57.8 Å². The van der Waals surface area contributed by atoms with Crippen LogP contribution in [-0.4, -0.2) is 42.6 Å². The van der Waals surface area contributed by atoms with E-state index in [0.717, 1.165) is 30.8 Å². The molecule has 3 rings (SSSR count). The first-order chi connectivity index (χ1) is 10.4. The molecule has 0 aliphatic carbocycles. The fraction of sp³-hybridized carbons (Fsp3) is 0.688. The number of hydrogen-bond donors (Lipinski definition) is 0. The van der Waals surface area contributed by atoms with E-state index < -0.39 is 7.12 Å². The lowest BCUT2D eigenvalue weighted by Crippen LogP contribution is -2.41. The molecular formula is C16H24BNO4. The predicted octanol–water partition coefficient (Wildman–Crippen LogP) is 1.94. The van der Waals surface area contributed by atoms with Crippen molar-refractivity contribution in [3.63, 3.8) is 0 Å². The van der Waals surface area contributed by atoms with Crippen LogP contribution in [-0.2, 0) is 14.0 Å². The van der Waals surface area contributed by atoms with Crippen LogP contribution in [0.2, 0.25) is 0 Å². The summed E-state index contributed by atoms with van der Waals surface area (Å²) in [4.78, 5) is 4.42. The average molecular weight is 305 g/mol. The Morgan fingerprint density at radius 3 is 2.50 bits per heavy atom. The second-order valence-electron chi connectivity index (χ2n) is 6.95. The van der Waals surface area contributed by atoms with Gasteiger partial charge in [0.1, 0.15) is 12.4 Å². The number of nitrogens with zero attached hydrogens (tertiary/aromatic N) is 1. The van der Waals surface area contributed by atoms with Crippen molar-refractivity contribution >= 4 is 12.7 Å². The zero-order valence-electron chi connectivity index (χ0n) is 13.8. The summed E-state index contributed by atoms with van der Waals surface area (Å²) in [6, 6.07) is 3.80. The first kappa shape index (κ1) is 15.8. The average Bonchev–Trinajstić information content (AvgIpc) is 3.04. The largest absolute Gasteiger partial charge is 0.514 e. The first-order valence-corrected chi connectivity index (χ1v) is 7.93. The van der Waals surface area contributed by atoms with Crippen molar-refractivity contribution in [2.24, 2.45) is 0 Å². The Kier molecular flexibility index (Phi) is 4.18. The molecule has 22 heavy (non-hydrogen) atoms. The van der Waals surface area contributed by atoms with Crippen molar-refractivity contribution < 1.29 is 18.8 Å². The molecule has 1 aromatic heterocycles. The Labute approximate surface area is 132 Å². The zero-order valence-corrected chi connectivity index (χ0v) is 13.8. The van der Waals surface area contributed by atoms with Crippen LogP contribution in [0.3, 0.4) is 0 Å². The quantitative estimate of drug-likeness (QED) is 0.796. The lowest BCUT2D eigenvalue weighted by Gasteiger charge is -2.32. The van der Waals surface area contributed by atoms with Crippen molar-refractivity contribution in [1.82, 2.24) is 4.98 Å². The summed E-state index contributed by atoms with van der Waals surface area (Å²) in [6.07, 6.45) is 4.12. The Morgan fingerprint density at radius 2 is 1.95 bits per heavy atom. The van der Waals surface area contributed by atoms with Gasteiger partial charge in [-0.05, 0) is 52.7 Å². The van der Waals surface area contributed by atoms with Crippen molar-refractivity contribution in [2.75, 3.05) is 13.2 Å². The topological polar surface area (TPSA) is 49.8 Å². The van der Waals surface area contributed by atoms with Crippen LogP contribution in [0.25, 0.3) is 0 Å². The van der Waals surface area contributed by atoms with Gasteiger partial charge in [0.05, 0.1) is 29.1 Å². The highest BCUT2D eigenvalue weighted by Gasteiger charge is 2.52. The molecular weight excluding hydrogens is 281 g/mol. The van der Waals surface area contributed by atoms with E-state index in [4.69, 9.17) is 18.8 Å². The molecule has 1 unspecified atom stereocenters. The molecule has 0 bridgehead atoms. The van der Waals surface area contributed by atoms with Gasteiger partial charge in [0.2, 0.25) is 0 Å². The molecule has 2 aliphatic rings. The molecule has 5 nitrogen and oxygen atoms in total. The molecule has 2 fully saturated rings. The van der Waals surface area contributed by atoms with E-state index in [1.807, 2.05) is 39.8 Å². The summed E-state index contributed by atoms with van der Waals surface area (Å²) in [6.45, 7) is 9.56. The Morgan fingerprint density at radius 1 is 1.23 bits per heavy atom. The Hall–Kier alpha value is -1.11. The van der Waals surface area contributed by atoms with Gasteiger partial charge in [-0.1, -0.05) is 0 Å². The molecule has 2 saturated heterocycles. The van der Waals surface area contributed by atoms with E-state index in [2.05, 4.69) is 4.98 Å². The Bertz CT molecular complexity index is 495. The van der Waals surface area contributed by atoms with E-state index in [1.54, 1.807) is 6.20 Å². The van der Waals surface area contributed by atoms with E-state index in [-0.39, 0.29) is 17.3 Å². The summed E-state index contributed by atoms with van der Waals surface area (Å²) < 4.78 is 23.2. The number of aromatic nitrogens is 1. The molecule has 3 heterocycles. The maximum Gasteiger partial charge on any atom is 0.514 e. The number of pyridine rings is 1. The van der Waals surface area contributed by atoms with Crippen LogP contribution < -0.4 is 10.3 Å². The lowest BCUT2D eigenvalue weighted by atomic mass is 9.84. The highest BCUT2D eigenvalue weighted by molar-refractivity contribution is 6.61. The third kappa shape index (κ3) is 3.14. The summed E-state index contributed by atoms with van der Waals surface area (Å²) in [5, 5.41) is 0. The third-order valence-electron chi connectivity index (χ3n) is 4.71. The van der Waals surface area contributed by atoms with Crippen LogP contribution in [0.4, 0.5) is 0 Å². The van der Waals surface area contributed by atoms with Gasteiger partial charge in [0.15, 0.2) is 0 Å². The minimum atomic E-state index is -0.433. The molecule has 0 saturated carbocycles. The number of ether oxygens (including phenoxy) is 2. The SMILES string of the molecule is CC1(C)OB(c2ccc(OCC3CCCO3)cn2)OC1(C)C. The smallest absolute Gasteiger partial charge is 0.489 e. The van der Waals surface area contributed by atoms with Crippen LogP contribution >= 0.6 is 0 Å². The molecule has 1 aromatic rings. The van der Waals surface area contributed by atoms with Crippen LogP contribution in [0, 0.1) is 0 Å². The monoisotopic (exact) mass is 305 g/mol. The van der Waals surface area contributed by atoms with Crippen molar-refractivity contribution in [1.29, 1.82) is 0 Å². The summed E-state index contributed by atoms with van der Waals surface area (Å²) in [5.41, 5.74) is 0.0611. The molecule has 0 radical (unpaired) electrons. The van der Waals surface area contributed by atoms with Gasteiger partial charge >= 0.3 is 7.12 Å². The highest BCUT2D eigenvalue weighted by atomic mass is 16.7. The molecule has 6 heteroatoms. The lowest BCUT2D eigenvalue weighted by molar-refractivity contribution is 0.00578. The molecule has 120 valence electrons. The molecule has 1 atom stereocenters. The van der Waals surface area contributed by atoms with Gasteiger partial charge in [-0.2, -0.15) is 0 Å². The maximum atomic E-state index is 5.99. The van der Waals surface area contributed by atoms with Gasteiger partial charge in [0, 0.05) is 6.61 Å². The van der Waals surface area contributed by atoms with Gasteiger partial charge in [-0.3, -0.25) is 4.98 Å². The van der Waals surface area contributed by atoms with E-state index in [0.29, 0.717) is 6.61 Å². The normalized spacial score (nSPS) is 26.4. The van der Waals surface area contributed by atoms with Gasteiger partial charge in [-0.25, -0.2) is 0 Å². The molecule has 0 N–H and O–H groups in total. The molecule has 0 aromatic carbocycles. The van der Waals surface area contributed by atoms with E-state index in [1.165, 1.54) is 0 Å². The van der Waals surface area contributed by atoms with Gasteiger partial charge in [0.25, 0.3) is 0 Å². The fourth-order valence-electron chi connectivity index (χ4n) is 2.55. The Balaban J connectivity index is 1.60. The van der Waals surface area contributed by atoms with E-state index >= 15 is 0 Å². The summed E-state index contributed by atoms with van der Waals surface area (Å²) in [7, 11) is -0.433. The highest BCUT2D eigenvalue weighted by Crippen LogP contribution is 2.36. The molecule has 0 amide bonds. The number of rotatable bonds is 4. The van der Waals surface area contributed by atoms with Crippen molar-refractivity contribution in [3.8, 4) is 5.75 Å². The third-order valence-corrected chi connectivity index (χ3v) is 4.71.